The highest BCUT2D eigenvalue weighted by Gasteiger charge is 2.09. The number of ether oxygens (including phenoxy) is 1. The van der Waals surface area contributed by atoms with Crippen LogP contribution in [0.1, 0.15) is 0 Å². The van der Waals surface area contributed by atoms with Crippen molar-refractivity contribution < 1.29 is 9.13 Å². The van der Waals surface area contributed by atoms with Gasteiger partial charge in [0.2, 0.25) is 0 Å². The number of benzene rings is 1. The van der Waals surface area contributed by atoms with Crippen LogP contribution in [0.2, 0.25) is 0 Å². The largest absolute Gasteiger partial charge is 0.495 e. The molecule has 0 radical (unpaired) electrons. The predicted octanol–water partition coefficient (Wildman–Crippen LogP) is 2.13. The fourth-order valence-electron chi connectivity index (χ4n) is 1.85. The molecule has 19 heavy (non-hydrogen) atoms. The number of anilines is 1. The van der Waals surface area contributed by atoms with Gasteiger partial charge in [-0.1, -0.05) is 0 Å². The van der Waals surface area contributed by atoms with E-state index in [1.807, 2.05) is 0 Å². The van der Waals surface area contributed by atoms with Gasteiger partial charge in [0.25, 0.3) is 0 Å². The van der Waals surface area contributed by atoms with Gasteiger partial charge in [0, 0.05) is 5.56 Å². The van der Waals surface area contributed by atoms with E-state index < -0.39 is 0 Å². The SMILES string of the molecule is COc1ccc(-c2nc3ccc(F)cn3n2)cc1N. The number of hydrogen-bond acceptors (Lipinski definition) is 4. The first-order chi connectivity index (χ1) is 9.17. The molecule has 0 unspecified atom stereocenters. The maximum absolute atomic E-state index is 13.1. The van der Waals surface area contributed by atoms with E-state index in [0.29, 0.717) is 22.9 Å². The third-order valence-corrected chi connectivity index (χ3v) is 2.78. The zero-order valence-corrected chi connectivity index (χ0v) is 10.2. The van der Waals surface area contributed by atoms with Crippen molar-refractivity contribution in [3.05, 3.63) is 42.3 Å². The van der Waals surface area contributed by atoms with Gasteiger partial charge in [-0.2, -0.15) is 0 Å². The van der Waals surface area contributed by atoms with E-state index in [0.717, 1.165) is 5.56 Å². The summed E-state index contributed by atoms with van der Waals surface area (Å²) in [7, 11) is 1.55. The summed E-state index contributed by atoms with van der Waals surface area (Å²) in [6.45, 7) is 0. The molecule has 0 saturated heterocycles. The summed E-state index contributed by atoms with van der Waals surface area (Å²) in [5.74, 6) is 0.719. The molecule has 5 nitrogen and oxygen atoms in total. The average molecular weight is 258 g/mol. The second-order valence-corrected chi connectivity index (χ2v) is 4.04. The number of rotatable bonds is 2. The molecule has 2 N–H and O–H groups in total. The van der Waals surface area contributed by atoms with E-state index in [1.54, 1.807) is 31.4 Å². The van der Waals surface area contributed by atoms with Crippen LogP contribution in [0, 0.1) is 5.82 Å². The molecule has 0 aliphatic carbocycles. The molecule has 0 bridgehead atoms. The van der Waals surface area contributed by atoms with Crippen LogP contribution in [-0.4, -0.2) is 21.7 Å². The van der Waals surface area contributed by atoms with Crippen molar-refractivity contribution in [2.45, 2.75) is 0 Å². The number of hydrogen-bond donors (Lipinski definition) is 1. The van der Waals surface area contributed by atoms with Gasteiger partial charge in [-0.3, -0.25) is 0 Å². The van der Waals surface area contributed by atoms with Crippen molar-refractivity contribution in [3.63, 3.8) is 0 Å². The Bertz CT molecular complexity index is 753. The quantitative estimate of drug-likeness (QED) is 0.715. The van der Waals surface area contributed by atoms with Gasteiger partial charge in [0.1, 0.15) is 11.6 Å². The lowest BCUT2D eigenvalue weighted by atomic mass is 10.2. The van der Waals surface area contributed by atoms with Crippen LogP contribution in [0.3, 0.4) is 0 Å². The normalized spacial score (nSPS) is 10.8. The molecule has 0 aliphatic heterocycles. The van der Waals surface area contributed by atoms with Crippen molar-refractivity contribution in [2.75, 3.05) is 12.8 Å². The Morgan fingerprint density at radius 2 is 2.11 bits per heavy atom. The number of pyridine rings is 1. The second kappa shape index (κ2) is 4.24. The molecule has 0 saturated carbocycles. The van der Waals surface area contributed by atoms with E-state index in [-0.39, 0.29) is 5.82 Å². The minimum absolute atomic E-state index is 0.363. The average Bonchev–Trinajstić information content (AvgIpc) is 2.81. The van der Waals surface area contributed by atoms with Gasteiger partial charge in [0.05, 0.1) is 19.0 Å². The highest BCUT2D eigenvalue weighted by molar-refractivity contribution is 5.67. The van der Waals surface area contributed by atoms with Gasteiger partial charge >= 0.3 is 0 Å². The van der Waals surface area contributed by atoms with Gasteiger partial charge in [0.15, 0.2) is 11.5 Å². The Hall–Kier alpha value is -2.63. The topological polar surface area (TPSA) is 65.4 Å². The Morgan fingerprint density at radius 1 is 1.26 bits per heavy atom. The predicted molar refractivity (Wildman–Crippen MR) is 69.3 cm³/mol. The molecule has 2 aromatic heterocycles. The van der Waals surface area contributed by atoms with Gasteiger partial charge in [-0.25, -0.2) is 13.9 Å². The summed E-state index contributed by atoms with van der Waals surface area (Å²) in [4.78, 5) is 4.31. The van der Waals surface area contributed by atoms with E-state index in [4.69, 9.17) is 10.5 Å². The van der Waals surface area contributed by atoms with Crippen molar-refractivity contribution in [1.82, 2.24) is 14.6 Å². The maximum atomic E-state index is 13.1. The van der Waals surface area contributed by atoms with Crippen LogP contribution >= 0.6 is 0 Å². The summed E-state index contributed by atoms with van der Waals surface area (Å²) in [6.07, 6.45) is 1.28. The van der Waals surface area contributed by atoms with Crippen molar-refractivity contribution >= 4 is 11.3 Å². The Morgan fingerprint density at radius 3 is 2.84 bits per heavy atom. The second-order valence-electron chi connectivity index (χ2n) is 4.04. The summed E-state index contributed by atoms with van der Waals surface area (Å²) in [5, 5.41) is 4.21. The number of nitrogens with two attached hydrogens (primary N) is 1. The molecular formula is C13H11FN4O. The first kappa shape index (κ1) is 11.5. The number of nitrogen functional groups attached to an aromatic ring is 1. The first-order valence-electron chi connectivity index (χ1n) is 5.63. The maximum Gasteiger partial charge on any atom is 0.182 e. The number of halogens is 1. The molecule has 0 fully saturated rings. The van der Waals surface area contributed by atoms with Gasteiger partial charge in [-0.15, -0.1) is 5.10 Å². The molecule has 0 amide bonds. The zero-order chi connectivity index (χ0) is 13.4. The van der Waals surface area contributed by atoms with Crippen molar-refractivity contribution in [3.8, 4) is 17.1 Å². The van der Waals surface area contributed by atoms with E-state index in [2.05, 4.69) is 10.1 Å². The van der Waals surface area contributed by atoms with Crippen molar-refractivity contribution in [2.24, 2.45) is 0 Å². The number of methoxy groups -OCH3 is 1. The van der Waals surface area contributed by atoms with Crippen molar-refractivity contribution in [1.29, 1.82) is 0 Å². The fourth-order valence-corrected chi connectivity index (χ4v) is 1.85. The minimum atomic E-state index is -0.363. The molecule has 0 aliphatic rings. The highest BCUT2D eigenvalue weighted by Crippen LogP contribution is 2.26. The van der Waals surface area contributed by atoms with Crippen LogP contribution in [0.4, 0.5) is 10.1 Å². The van der Waals surface area contributed by atoms with Gasteiger partial charge < -0.3 is 10.5 Å². The zero-order valence-electron chi connectivity index (χ0n) is 10.2. The molecule has 3 rings (SSSR count). The molecule has 96 valence electrons. The Kier molecular flexibility index (Phi) is 2.56. The molecular weight excluding hydrogens is 247 g/mol. The Balaban J connectivity index is 2.11. The molecule has 3 aromatic rings. The minimum Gasteiger partial charge on any atom is -0.495 e. The lowest BCUT2D eigenvalue weighted by Crippen LogP contribution is -1.93. The summed E-state index contributed by atoms with van der Waals surface area (Å²) >= 11 is 0. The number of aromatic nitrogens is 3. The summed E-state index contributed by atoms with van der Waals surface area (Å²) < 4.78 is 19.6. The molecule has 0 atom stereocenters. The highest BCUT2D eigenvalue weighted by atomic mass is 19.1. The molecule has 6 heteroatoms. The van der Waals surface area contributed by atoms with Crippen LogP contribution < -0.4 is 10.5 Å². The molecule has 0 spiro atoms. The third-order valence-electron chi connectivity index (χ3n) is 2.78. The van der Waals surface area contributed by atoms with Crippen LogP contribution in [0.25, 0.3) is 17.0 Å². The lowest BCUT2D eigenvalue weighted by molar-refractivity contribution is 0.417. The van der Waals surface area contributed by atoms with Crippen LogP contribution in [0.15, 0.2) is 36.5 Å². The molecule has 2 heterocycles. The van der Waals surface area contributed by atoms with Crippen LogP contribution in [0.5, 0.6) is 5.75 Å². The van der Waals surface area contributed by atoms with E-state index in [1.165, 1.54) is 16.8 Å². The fraction of sp³-hybridized carbons (Fsp3) is 0.0769. The standard InChI is InChI=1S/C13H11FN4O/c1-19-11-4-2-8(6-10(11)15)13-16-12-5-3-9(14)7-18(12)17-13/h2-7H,15H2,1H3. The number of fused-ring (bicyclic) bond motifs is 1. The Labute approximate surface area is 108 Å². The third kappa shape index (κ3) is 1.97. The van der Waals surface area contributed by atoms with Gasteiger partial charge in [-0.05, 0) is 30.3 Å². The summed E-state index contributed by atoms with van der Waals surface area (Å²) in [6, 6.07) is 8.19. The summed E-state index contributed by atoms with van der Waals surface area (Å²) in [5.41, 5.74) is 7.67. The lowest BCUT2D eigenvalue weighted by Gasteiger charge is -2.04. The smallest absolute Gasteiger partial charge is 0.182 e. The van der Waals surface area contributed by atoms with E-state index >= 15 is 0 Å². The van der Waals surface area contributed by atoms with Crippen LogP contribution in [-0.2, 0) is 0 Å². The van der Waals surface area contributed by atoms with E-state index in [9.17, 15) is 4.39 Å². The molecule has 1 aromatic carbocycles. The monoisotopic (exact) mass is 258 g/mol. The first-order valence-corrected chi connectivity index (χ1v) is 5.63. The number of nitrogens with zero attached hydrogens (tertiary/aromatic N) is 3.